The largest absolute Gasteiger partial charge is 1.00 e. The van der Waals surface area contributed by atoms with Crippen molar-refractivity contribution in [2.75, 3.05) is 0 Å². The molecule has 0 nitrogen and oxygen atoms in total. The van der Waals surface area contributed by atoms with Crippen molar-refractivity contribution in [3.63, 3.8) is 0 Å². The van der Waals surface area contributed by atoms with Gasteiger partial charge in [0.1, 0.15) is 0 Å². The van der Waals surface area contributed by atoms with Gasteiger partial charge in [0.05, 0.1) is 0 Å². The topological polar surface area (TPSA) is 0 Å². The second-order valence-electron chi connectivity index (χ2n) is 0.885. The fourth-order valence-corrected chi connectivity index (χ4v) is 1.44. The Morgan fingerprint density at radius 1 is 1.17 bits per heavy atom. The molecule has 0 saturated heterocycles. The summed E-state index contributed by atoms with van der Waals surface area (Å²) in [4.78, 5) is 4.50. The van der Waals surface area contributed by atoms with Crippen molar-refractivity contribution >= 4 is 15.0 Å². The van der Waals surface area contributed by atoms with Crippen molar-refractivity contribution in [1.82, 2.24) is 0 Å². The molecule has 0 fully saturated rings. The van der Waals surface area contributed by atoms with Crippen LogP contribution in [-0.4, -0.2) is 15.0 Å². The molecule has 1 heterocycles. The Bertz CT molecular complexity index is 69.8. The van der Waals surface area contributed by atoms with Crippen LogP contribution in [0.25, 0.3) is 0 Å². The van der Waals surface area contributed by atoms with Gasteiger partial charge in [-0.1, -0.05) is 0 Å². The van der Waals surface area contributed by atoms with Gasteiger partial charge in [-0.25, -0.2) is 0 Å². The molecule has 0 amide bonds. The second-order valence-corrected chi connectivity index (χ2v) is 2.98. The third kappa shape index (κ3) is 1.90. The molecule has 2 heteroatoms. The van der Waals surface area contributed by atoms with E-state index < -0.39 is 0 Å². The first-order valence-corrected chi connectivity index (χ1v) is 4.00. The van der Waals surface area contributed by atoms with E-state index in [9.17, 15) is 0 Å². The van der Waals surface area contributed by atoms with Gasteiger partial charge in [-0.2, -0.15) is 0 Å². The molecule has 0 N–H and O–H groups in total. The van der Waals surface area contributed by atoms with Gasteiger partial charge in [-0.05, 0) is 0 Å². The third-order valence-corrected chi connectivity index (χ3v) is 2.11. The van der Waals surface area contributed by atoms with Crippen LogP contribution < -0.4 is 18.9 Å². The molecule has 0 unspecified atom stereocenters. The zero-order valence-corrected chi connectivity index (χ0v) is 5.91. The predicted octanol–water partition coefficient (Wildman–Crippen LogP) is -2.69. The first-order chi connectivity index (χ1) is 2.50. The van der Waals surface area contributed by atoms with Crippen LogP contribution in [0.2, 0.25) is 0 Å². The standard InChI is InChI=1S/C4H6Se.Li.H/c1-2-4-5-3-1;;/h1-4H,5H2;;/q;+1;-1. The van der Waals surface area contributed by atoms with E-state index in [1.54, 1.807) is 0 Å². The Morgan fingerprint density at radius 3 is 1.83 bits per heavy atom. The number of hydrogen-bond acceptors (Lipinski definition) is 0. The quantitative estimate of drug-likeness (QED) is 0.322. The molecule has 6 heavy (non-hydrogen) atoms. The van der Waals surface area contributed by atoms with Crippen LogP contribution >= 0.6 is 0 Å². The van der Waals surface area contributed by atoms with Gasteiger partial charge in [-0.3, -0.25) is 0 Å². The Morgan fingerprint density at radius 2 is 1.67 bits per heavy atom. The number of allylic oxidation sites excluding steroid dienone is 2. The Hall–Kier alpha value is 0.597. The summed E-state index contributed by atoms with van der Waals surface area (Å²) >= 11 is 0.278. The second kappa shape index (κ2) is 3.78. The first kappa shape index (κ1) is 6.60. The van der Waals surface area contributed by atoms with E-state index >= 15 is 0 Å². The van der Waals surface area contributed by atoms with Gasteiger partial charge in [0.15, 0.2) is 0 Å². The molecule has 1 aliphatic rings. The van der Waals surface area contributed by atoms with Crippen molar-refractivity contribution in [1.29, 1.82) is 0 Å². The summed E-state index contributed by atoms with van der Waals surface area (Å²) in [5, 5.41) is 0. The molecule has 30 valence electrons. The van der Waals surface area contributed by atoms with Gasteiger partial charge < -0.3 is 1.43 Å². The van der Waals surface area contributed by atoms with Gasteiger partial charge in [0, 0.05) is 0 Å². The van der Waals surface area contributed by atoms with Crippen molar-refractivity contribution in [3.05, 3.63) is 22.1 Å². The van der Waals surface area contributed by atoms with Gasteiger partial charge in [0.2, 0.25) is 0 Å². The maximum atomic E-state index is 2.25. The third-order valence-electron chi connectivity index (χ3n) is 0.496. The minimum absolute atomic E-state index is 0. The summed E-state index contributed by atoms with van der Waals surface area (Å²) in [6, 6.07) is 0. The summed E-state index contributed by atoms with van der Waals surface area (Å²) < 4.78 is 0. The first-order valence-electron chi connectivity index (χ1n) is 1.58. The molecule has 0 aliphatic carbocycles. The Balaban J connectivity index is 0. The molecule has 0 aromatic heterocycles. The average molecular weight is 141 g/mol. The van der Waals surface area contributed by atoms with Crippen molar-refractivity contribution in [3.8, 4) is 0 Å². The van der Waals surface area contributed by atoms with E-state index in [-0.39, 0.29) is 35.2 Å². The maximum Gasteiger partial charge on any atom is 1.00 e. The molecule has 0 atom stereocenters. The number of hydrogen-bond donors (Lipinski definition) is 0. The van der Waals surface area contributed by atoms with E-state index in [0.29, 0.717) is 0 Å². The summed E-state index contributed by atoms with van der Waals surface area (Å²) in [7, 11) is 0. The summed E-state index contributed by atoms with van der Waals surface area (Å²) in [5.74, 6) is 0. The number of rotatable bonds is 0. The van der Waals surface area contributed by atoms with Crippen LogP contribution in [0.4, 0.5) is 0 Å². The molecule has 0 saturated carbocycles. The molecule has 0 bridgehead atoms. The average Bonchev–Trinajstić information content (AvgIpc) is 1.76. The monoisotopic (exact) mass is 142 g/mol. The molecular weight excluding hydrogens is 134 g/mol. The molecule has 1 rings (SSSR count). The van der Waals surface area contributed by atoms with Crippen LogP contribution in [0.1, 0.15) is 1.43 Å². The molecule has 1 aliphatic heterocycles. The zero-order chi connectivity index (χ0) is 3.54. The van der Waals surface area contributed by atoms with Crippen LogP contribution in [-0.2, 0) is 0 Å². The normalized spacial score (nSPS) is 16.0. The van der Waals surface area contributed by atoms with Crippen LogP contribution in [0.3, 0.4) is 0 Å². The van der Waals surface area contributed by atoms with Crippen LogP contribution in [0, 0.1) is 0 Å². The molecule has 0 radical (unpaired) electrons. The minimum atomic E-state index is 0. The fraction of sp³-hybridized carbons (Fsp3) is 0. The van der Waals surface area contributed by atoms with E-state index in [2.05, 4.69) is 22.1 Å². The van der Waals surface area contributed by atoms with E-state index in [1.807, 2.05) is 0 Å². The Labute approximate surface area is 57.5 Å². The molecular formula is C4H7LiSe. The van der Waals surface area contributed by atoms with Crippen molar-refractivity contribution in [2.45, 2.75) is 0 Å². The fourth-order valence-electron chi connectivity index (χ4n) is 0.278. The minimum Gasteiger partial charge on any atom is -1.00 e. The summed E-state index contributed by atoms with van der Waals surface area (Å²) in [5.41, 5.74) is 0. The van der Waals surface area contributed by atoms with Crippen molar-refractivity contribution < 1.29 is 20.3 Å². The SMILES string of the molecule is C1=C[SeH2]C=C1.[H-].[Li+]. The zero-order valence-electron chi connectivity index (χ0n) is 4.81. The molecule has 0 aromatic rings. The predicted molar refractivity (Wildman–Crippen MR) is 27.9 cm³/mol. The van der Waals surface area contributed by atoms with Gasteiger partial charge in [-0.15, -0.1) is 0 Å². The molecule has 0 spiro atoms. The molecule has 0 aromatic carbocycles. The maximum absolute atomic E-state index is 2.25. The Kier molecular flexibility index (Phi) is 4.15. The van der Waals surface area contributed by atoms with E-state index in [4.69, 9.17) is 0 Å². The van der Waals surface area contributed by atoms with Crippen LogP contribution in [0.15, 0.2) is 22.1 Å². The van der Waals surface area contributed by atoms with E-state index in [0.717, 1.165) is 0 Å². The smallest absolute Gasteiger partial charge is 1.00 e. The van der Waals surface area contributed by atoms with Crippen LogP contribution in [0.5, 0.6) is 0 Å². The van der Waals surface area contributed by atoms with E-state index in [1.165, 1.54) is 0 Å². The van der Waals surface area contributed by atoms with Gasteiger partial charge in [0.25, 0.3) is 0 Å². The summed E-state index contributed by atoms with van der Waals surface area (Å²) in [6.45, 7) is 0. The van der Waals surface area contributed by atoms with Gasteiger partial charge >= 0.3 is 55.9 Å². The summed E-state index contributed by atoms with van der Waals surface area (Å²) in [6.07, 6.45) is 4.22. The van der Waals surface area contributed by atoms with Crippen molar-refractivity contribution in [2.24, 2.45) is 0 Å².